The second-order valence-corrected chi connectivity index (χ2v) is 13.5. The second-order valence-electron chi connectivity index (χ2n) is 11.5. The Balaban J connectivity index is 1.29. The summed E-state index contributed by atoms with van der Waals surface area (Å²) in [4.78, 5) is 31.7. The zero-order chi connectivity index (χ0) is 30.9. The van der Waals surface area contributed by atoms with Crippen LogP contribution in [-0.4, -0.2) is 36.9 Å². The standard InChI is InChI=1S/C35H33N5O3S2/c1-23(2)28-20-27-29(21-43-28)45-33-31(27)32(42)38(19-18-24-12-6-3-7-13-24)34-36-37-35(40(33)34)44-22-30(41)39(25-14-8-4-9-15-25)26-16-10-5-11-17-26/h3-17,23,28H,18-22H2,1-2H3/t28-/m1/s1. The van der Waals surface area contributed by atoms with Gasteiger partial charge in [0.1, 0.15) is 4.83 Å². The summed E-state index contributed by atoms with van der Waals surface area (Å²) in [5, 5.41) is 10.4. The molecule has 0 unspecified atom stereocenters. The van der Waals surface area contributed by atoms with Crippen molar-refractivity contribution < 1.29 is 9.53 Å². The van der Waals surface area contributed by atoms with E-state index < -0.39 is 0 Å². The Hall–Kier alpha value is -4.25. The summed E-state index contributed by atoms with van der Waals surface area (Å²) in [7, 11) is 0. The van der Waals surface area contributed by atoms with E-state index in [1.807, 2.05) is 83.3 Å². The molecule has 1 aliphatic rings. The number of aryl methyl sites for hydroxylation is 2. The summed E-state index contributed by atoms with van der Waals surface area (Å²) < 4.78 is 9.92. The van der Waals surface area contributed by atoms with Gasteiger partial charge in [0.15, 0.2) is 5.16 Å². The summed E-state index contributed by atoms with van der Waals surface area (Å²) in [6, 6.07) is 29.4. The number of hydrogen-bond donors (Lipinski definition) is 0. The van der Waals surface area contributed by atoms with E-state index in [-0.39, 0.29) is 23.3 Å². The van der Waals surface area contributed by atoms with Gasteiger partial charge in [0.25, 0.3) is 5.56 Å². The van der Waals surface area contributed by atoms with Gasteiger partial charge in [-0.25, -0.2) is 4.40 Å². The highest BCUT2D eigenvalue weighted by molar-refractivity contribution is 7.99. The Morgan fingerprint density at radius 2 is 1.62 bits per heavy atom. The molecule has 4 heterocycles. The molecular weight excluding hydrogens is 603 g/mol. The van der Waals surface area contributed by atoms with Crippen LogP contribution in [0.5, 0.6) is 0 Å². The predicted octanol–water partition coefficient (Wildman–Crippen LogP) is 6.90. The van der Waals surface area contributed by atoms with Gasteiger partial charge in [0.05, 0.1) is 23.8 Å². The molecule has 1 aliphatic heterocycles. The van der Waals surface area contributed by atoms with E-state index in [0.717, 1.165) is 32.2 Å². The first-order valence-corrected chi connectivity index (χ1v) is 16.9. The van der Waals surface area contributed by atoms with E-state index in [1.165, 1.54) is 11.8 Å². The van der Waals surface area contributed by atoms with Gasteiger partial charge < -0.3 is 4.74 Å². The Morgan fingerprint density at radius 3 is 2.27 bits per heavy atom. The Morgan fingerprint density at radius 1 is 0.978 bits per heavy atom. The zero-order valence-electron chi connectivity index (χ0n) is 25.1. The molecule has 0 saturated heterocycles. The van der Waals surface area contributed by atoms with Crippen LogP contribution in [0.4, 0.5) is 11.4 Å². The number of carbonyl (C=O) groups excluding carboxylic acids is 1. The number of fused-ring (bicyclic) bond motifs is 5. The van der Waals surface area contributed by atoms with E-state index in [1.54, 1.807) is 20.8 Å². The lowest BCUT2D eigenvalue weighted by Crippen LogP contribution is -2.29. The van der Waals surface area contributed by atoms with Gasteiger partial charge in [0, 0.05) is 29.2 Å². The number of amides is 1. The molecule has 7 rings (SSSR count). The molecule has 0 spiro atoms. The molecule has 228 valence electrons. The Bertz CT molecular complexity index is 1980. The monoisotopic (exact) mass is 635 g/mol. The number of ether oxygens (including phenoxy) is 1. The molecule has 1 atom stereocenters. The van der Waals surface area contributed by atoms with Crippen LogP contribution in [0.3, 0.4) is 0 Å². The minimum Gasteiger partial charge on any atom is -0.372 e. The van der Waals surface area contributed by atoms with Crippen LogP contribution >= 0.6 is 23.1 Å². The van der Waals surface area contributed by atoms with Crippen LogP contribution < -0.4 is 10.5 Å². The normalized spacial score (nSPS) is 14.7. The SMILES string of the molecule is CC(C)[C@H]1Cc2c(sc3c2c(=O)n(CCc2ccccc2)c2nnc(SCC(=O)N(c4ccccc4)c4ccccc4)n32)CO1. The number of aromatic nitrogens is 4. The van der Waals surface area contributed by atoms with E-state index in [4.69, 9.17) is 4.74 Å². The van der Waals surface area contributed by atoms with Crippen molar-refractivity contribution in [3.05, 3.63) is 117 Å². The molecule has 0 N–H and O–H groups in total. The highest BCUT2D eigenvalue weighted by atomic mass is 32.2. The van der Waals surface area contributed by atoms with Gasteiger partial charge in [-0.2, -0.15) is 0 Å². The molecule has 0 fully saturated rings. The topological polar surface area (TPSA) is 81.7 Å². The Kier molecular flexibility index (Phi) is 8.27. The first-order chi connectivity index (χ1) is 22.0. The number of benzene rings is 3. The highest BCUT2D eigenvalue weighted by Gasteiger charge is 2.30. The summed E-state index contributed by atoms with van der Waals surface area (Å²) in [6.07, 6.45) is 1.43. The fourth-order valence-corrected chi connectivity index (χ4v) is 7.96. The average molecular weight is 636 g/mol. The number of rotatable bonds is 9. The average Bonchev–Trinajstić information content (AvgIpc) is 3.67. The molecule has 0 bridgehead atoms. The van der Waals surface area contributed by atoms with Crippen LogP contribution in [0, 0.1) is 5.92 Å². The van der Waals surface area contributed by atoms with Gasteiger partial charge >= 0.3 is 0 Å². The molecule has 45 heavy (non-hydrogen) atoms. The fourth-order valence-electron chi connectivity index (χ4n) is 5.88. The van der Waals surface area contributed by atoms with Gasteiger partial charge in [-0.1, -0.05) is 92.3 Å². The maximum atomic E-state index is 14.2. The molecule has 6 aromatic rings. The lowest BCUT2D eigenvalue weighted by atomic mass is 9.96. The summed E-state index contributed by atoms with van der Waals surface area (Å²) >= 11 is 2.91. The maximum absolute atomic E-state index is 14.2. The van der Waals surface area contributed by atoms with Crippen LogP contribution in [-0.2, 0) is 35.5 Å². The van der Waals surface area contributed by atoms with Crippen molar-refractivity contribution in [3.63, 3.8) is 0 Å². The maximum Gasteiger partial charge on any atom is 0.263 e. The van der Waals surface area contributed by atoms with Crippen molar-refractivity contribution in [2.75, 3.05) is 10.7 Å². The summed E-state index contributed by atoms with van der Waals surface area (Å²) in [5.74, 6) is 0.878. The molecule has 0 aliphatic carbocycles. The van der Waals surface area contributed by atoms with E-state index in [2.05, 4.69) is 36.2 Å². The highest BCUT2D eigenvalue weighted by Crippen LogP contribution is 2.37. The quantitative estimate of drug-likeness (QED) is 0.161. The molecule has 1 amide bonds. The lowest BCUT2D eigenvalue weighted by Gasteiger charge is -2.26. The predicted molar refractivity (Wildman–Crippen MR) is 181 cm³/mol. The molecule has 3 aromatic heterocycles. The first kappa shape index (κ1) is 29.5. The van der Waals surface area contributed by atoms with Crippen LogP contribution in [0.15, 0.2) is 101 Å². The van der Waals surface area contributed by atoms with E-state index in [9.17, 15) is 9.59 Å². The number of nitrogens with zero attached hydrogens (tertiary/aromatic N) is 5. The zero-order valence-corrected chi connectivity index (χ0v) is 26.8. The second kappa shape index (κ2) is 12.6. The van der Waals surface area contributed by atoms with E-state index in [0.29, 0.717) is 48.2 Å². The minimum absolute atomic E-state index is 0.0466. The molecule has 10 heteroatoms. The van der Waals surface area contributed by atoms with Crippen LogP contribution in [0.1, 0.15) is 29.9 Å². The van der Waals surface area contributed by atoms with Crippen LogP contribution in [0.25, 0.3) is 16.0 Å². The van der Waals surface area contributed by atoms with Crippen molar-refractivity contribution in [1.29, 1.82) is 0 Å². The number of thioether (sulfide) groups is 1. The van der Waals surface area contributed by atoms with Gasteiger partial charge in [0.2, 0.25) is 11.7 Å². The fraction of sp³-hybridized carbons (Fsp3) is 0.257. The lowest BCUT2D eigenvalue weighted by molar-refractivity contribution is -0.115. The Labute approximate surface area is 269 Å². The van der Waals surface area contributed by atoms with Gasteiger partial charge in [-0.05, 0) is 47.7 Å². The van der Waals surface area contributed by atoms with Crippen molar-refractivity contribution in [2.45, 2.75) is 51.1 Å². The number of anilines is 2. The third kappa shape index (κ3) is 5.69. The molecule has 0 saturated carbocycles. The molecular formula is C35H33N5O3S2. The number of hydrogen-bond acceptors (Lipinski definition) is 7. The smallest absolute Gasteiger partial charge is 0.263 e. The largest absolute Gasteiger partial charge is 0.372 e. The number of para-hydroxylation sites is 2. The minimum atomic E-state index is -0.0820. The summed E-state index contributed by atoms with van der Waals surface area (Å²) in [5.41, 5.74) is 3.76. The van der Waals surface area contributed by atoms with Gasteiger partial charge in [-0.15, -0.1) is 21.5 Å². The number of carbonyl (C=O) groups is 1. The van der Waals surface area contributed by atoms with Crippen molar-refractivity contribution >= 4 is 56.4 Å². The van der Waals surface area contributed by atoms with Crippen molar-refractivity contribution in [3.8, 4) is 0 Å². The molecule has 0 radical (unpaired) electrons. The molecule has 8 nitrogen and oxygen atoms in total. The van der Waals surface area contributed by atoms with Crippen molar-refractivity contribution in [2.24, 2.45) is 5.92 Å². The number of thiophene rings is 1. The van der Waals surface area contributed by atoms with Crippen LogP contribution in [0.2, 0.25) is 0 Å². The third-order valence-electron chi connectivity index (χ3n) is 8.24. The third-order valence-corrected chi connectivity index (χ3v) is 10.3. The van der Waals surface area contributed by atoms with Crippen molar-refractivity contribution in [1.82, 2.24) is 19.2 Å². The van der Waals surface area contributed by atoms with E-state index >= 15 is 0 Å². The first-order valence-electron chi connectivity index (χ1n) is 15.1. The van der Waals surface area contributed by atoms with Gasteiger partial charge in [-0.3, -0.25) is 19.1 Å². The molecule has 3 aromatic carbocycles. The summed E-state index contributed by atoms with van der Waals surface area (Å²) in [6.45, 7) is 5.25.